The summed E-state index contributed by atoms with van der Waals surface area (Å²) in [7, 11) is 0. The molecule has 0 aromatic rings. The molecule has 0 aliphatic heterocycles. The zero-order valence-electron chi connectivity index (χ0n) is 33.4. The largest absolute Gasteiger partial charge is 0.462 e. The quantitative estimate of drug-likeness (QED) is 0.0416. The van der Waals surface area contributed by atoms with Gasteiger partial charge in [0.2, 0.25) is 0 Å². The SMILES string of the molecule is C=CC(=O)OCCC(COC(=O)C=C)(COC(=O)C=C)OC(=O)N(CC)CCCCCCN(CC)C(=O)OC(CCOC(=O)C=C)(COC(=O)C=C)COC(=O)C=C. The molecule has 18 heteroatoms. The van der Waals surface area contributed by atoms with Gasteiger partial charge >= 0.3 is 48.0 Å². The molecule has 322 valence electrons. The van der Waals surface area contributed by atoms with Gasteiger partial charge in [-0.15, -0.1) is 0 Å². The fourth-order valence-electron chi connectivity index (χ4n) is 4.65. The number of amides is 2. The molecule has 2 amide bonds. The monoisotopic (exact) mass is 820 g/mol. The third-order valence-corrected chi connectivity index (χ3v) is 8.01. The zero-order chi connectivity index (χ0) is 44.0. The fraction of sp³-hybridized carbons (Fsp3) is 0.500. The van der Waals surface area contributed by atoms with E-state index in [1.807, 2.05) is 0 Å². The predicted octanol–water partition coefficient (Wildman–Crippen LogP) is 4.10. The van der Waals surface area contributed by atoms with Crippen molar-refractivity contribution in [2.24, 2.45) is 0 Å². The van der Waals surface area contributed by atoms with Crippen LogP contribution in [-0.2, 0) is 66.7 Å². The van der Waals surface area contributed by atoms with E-state index in [1.54, 1.807) is 13.8 Å². The van der Waals surface area contributed by atoms with E-state index in [9.17, 15) is 38.4 Å². The molecule has 0 bridgehead atoms. The van der Waals surface area contributed by atoms with Crippen molar-refractivity contribution >= 4 is 48.0 Å². The summed E-state index contributed by atoms with van der Waals surface area (Å²) in [5.41, 5.74) is -3.51. The van der Waals surface area contributed by atoms with Gasteiger partial charge in [0.15, 0.2) is 11.2 Å². The lowest BCUT2D eigenvalue weighted by molar-refractivity contribution is -0.163. The molecule has 0 heterocycles. The summed E-state index contributed by atoms with van der Waals surface area (Å²) in [6, 6.07) is 0. The van der Waals surface area contributed by atoms with E-state index in [0.29, 0.717) is 25.7 Å². The van der Waals surface area contributed by atoms with Gasteiger partial charge in [0.05, 0.1) is 13.2 Å². The number of hydrogen-bond donors (Lipinski definition) is 0. The predicted molar refractivity (Wildman–Crippen MR) is 208 cm³/mol. The van der Waals surface area contributed by atoms with Crippen molar-refractivity contribution in [3.8, 4) is 0 Å². The normalized spacial score (nSPS) is 10.6. The van der Waals surface area contributed by atoms with Crippen LogP contribution >= 0.6 is 0 Å². The maximum Gasteiger partial charge on any atom is 0.410 e. The standard InChI is InChI=1S/C40H56N2O16/c1-9-31(43)51-25-21-39(27-53-33(45)11-3,28-54-34(46)12-4)57-37(49)41(15-7)23-19-17-18-20-24-42(16-8)38(50)58-40(29-55-35(47)13-5,30-56-36(48)14-6)22-26-52-32(44)10-2/h9-14H,1-6,15-30H2,7-8H3. The van der Waals surface area contributed by atoms with Gasteiger partial charge in [-0.2, -0.15) is 0 Å². The summed E-state index contributed by atoms with van der Waals surface area (Å²) >= 11 is 0. The Hall–Kier alpha value is -6.20. The summed E-state index contributed by atoms with van der Waals surface area (Å²) in [6.07, 6.45) is 5.63. The van der Waals surface area contributed by atoms with Gasteiger partial charge in [0.25, 0.3) is 0 Å². The molecule has 0 saturated heterocycles. The molecule has 0 radical (unpaired) electrons. The van der Waals surface area contributed by atoms with E-state index < -0.39 is 85.6 Å². The van der Waals surface area contributed by atoms with E-state index in [1.165, 1.54) is 9.80 Å². The van der Waals surface area contributed by atoms with Gasteiger partial charge in [-0.05, 0) is 26.7 Å². The highest BCUT2D eigenvalue weighted by atomic mass is 16.6. The third kappa shape index (κ3) is 21.2. The van der Waals surface area contributed by atoms with E-state index in [4.69, 9.17) is 37.9 Å². The minimum atomic E-state index is -1.75. The molecule has 58 heavy (non-hydrogen) atoms. The second-order valence-electron chi connectivity index (χ2n) is 12.2. The molecule has 0 aromatic carbocycles. The number of ether oxygens (including phenoxy) is 8. The van der Waals surface area contributed by atoms with Crippen LogP contribution in [-0.4, -0.2) is 135 Å². The Bertz CT molecular complexity index is 1320. The molecule has 0 rings (SSSR count). The second kappa shape index (κ2) is 29.1. The van der Waals surface area contributed by atoms with Crippen molar-refractivity contribution in [3.63, 3.8) is 0 Å². The smallest absolute Gasteiger partial charge is 0.410 e. The molecule has 0 fully saturated rings. The maximum atomic E-state index is 13.4. The Kier molecular flexibility index (Phi) is 26.0. The highest BCUT2D eigenvalue weighted by molar-refractivity contribution is 5.83. The van der Waals surface area contributed by atoms with Gasteiger partial charge in [-0.25, -0.2) is 38.4 Å². The van der Waals surface area contributed by atoms with Gasteiger partial charge in [-0.3, -0.25) is 0 Å². The number of unbranched alkanes of at least 4 members (excludes halogenated alkanes) is 3. The zero-order valence-corrected chi connectivity index (χ0v) is 33.4. The van der Waals surface area contributed by atoms with Crippen LogP contribution in [0.1, 0.15) is 52.4 Å². The van der Waals surface area contributed by atoms with Crippen LogP contribution in [0.2, 0.25) is 0 Å². The summed E-state index contributed by atoms with van der Waals surface area (Å²) in [5.74, 6) is -4.86. The van der Waals surface area contributed by atoms with E-state index in [0.717, 1.165) is 36.5 Å². The summed E-state index contributed by atoms with van der Waals surface area (Å²) in [4.78, 5) is 101. The van der Waals surface area contributed by atoms with E-state index in [-0.39, 0.29) is 52.2 Å². The number of esters is 6. The Labute approximate surface area is 339 Å². The molecule has 0 unspecified atom stereocenters. The summed E-state index contributed by atoms with van der Waals surface area (Å²) in [6.45, 7) is 21.5. The lowest BCUT2D eigenvalue weighted by Gasteiger charge is -2.34. The van der Waals surface area contributed by atoms with Crippen molar-refractivity contribution in [2.45, 2.75) is 63.6 Å². The number of nitrogens with zero attached hydrogens (tertiary/aromatic N) is 2. The molecule has 0 aliphatic carbocycles. The highest BCUT2D eigenvalue weighted by Gasteiger charge is 2.41. The first-order valence-corrected chi connectivity index (χ1v) is 18.3. The Balaban J connectivity index is 5.70. The van der Waals surface area contributed by atoms with Gasteiger partial charge < -0.3 is 47.7 Å². The molecule has 0 atom stereocenters. The van der Waals surface area contributed by atoms with Crippen molar-refractivity contribution < 1.29 is 76.3 Å². The van der Waals surface area contributed by atoms with Gasteiger partial charge in [0, 0.05) is 75.5 Å². The van der Waals surface area contributed by atoms with Crippen LogP contribution in [0.3, 0.4) is 0 Å². The number of carbonyl (C=O) groups is 8. The van der Waals surface area contributed by atoms with Crippen LogP contribution < -0.4 is 0 Å². The first kappa shape index (κ1) is 51.8. The first-order chi connectivity index (χ1) is 27.6. The molecule has 0 spiro atoms. The Morgan fingerprint density at radius 2 is 0.690 bits per heavy atom. The minimum absolute atomic E-state index is 0.216. The topological polar surface area (TPSA) is 217 Å². The summed E-state index contributed by atoms with van der Waals surface area (Å²) < 4.78 is 42.3. The Morgan fingerprint density at radius 3 is 0.931 bits per heavy atom. The average Bonchev–Trinajstić information content (AvgIpc) is 3.23. The van der Waals surface area contributed by atoms with Crippen LogP contribution in [0.4, 0.5) is 9.59 Å². The minimum Gasteiger partial charge on any atom is -0.462 e. The van der Waals surface area contributed by atoms with Crippen LogP contribution in [0.25, 0.3) is 0 Å². The lowest BCUT2D eigenvalue weighted by Crippen LogP contribution is -2.49. The number of rotatable bonds is 31. The van der Waals surface area contributed by atoms with Gasteiger partial charge in [0.1, 0.15) is 26.4 Å². The molecular weight excluding hydrogens is 764 g/mol. The molecule has 0 aliphatic rings. The van der Waals surface area contributed by atoms with E-state index in [2.05, 4.69) is 39.5 Å². The van der Waals surface area contributed by atoms with Crippen molar-refractivity contribution in [2.75, 3.05) is 65.8 Å². The number of carbonyl (C=O) groups excluding carboxylic acids is 8. The highest BCUT2D eigenvalue weighted by Crippen LogP contribution is 2.23. The van der Waals surface area contributed by atoms with Crippen molar-refractivity contribution in [1.29, 1.82) is 0 Å². The third-order valence-electron chi connectivity index (χ3n) is 8.01. The molecular formula is C40H56N2O16. The van der Waals surface area contributed by atoms with Crippen LogP contribution in [0.5, 0.6) is 0 Å². The molecule has 0 aromatic heterocycles. The number of hydrogen-bond acceptors (Lipinski definition) is 16. The van der Waals surface area contributed by atoms with Gasteiger partial charge in [-0.1, -0.05) is 52.3 Å². The first-order valence-electron chi connectivity index (χ1n) is 18.3. The van der Waals surface area contributed by atoms with E-state index >= 15 is 0 Å². The van der Waals surface area contributed by atoms with Crippen LogP contribution in [0, 0.1) is 0 Å². The summed E-state index contributed by atoms with van der Waals surface area (Å²) in [5, 5.41) is 0. The molecule has 0 N–H and O–H groups in total. The fourth-order valence-corrected chi connectivity index (χ4v) is 4.65. The maximum absolute atomic E-state index is 13.4. The molecule has 0 saturated carbocycles. The van der Waals surface area contributed by atoms with Crippen molar-refractivity contribution in [3.05, 3.63) is 75.9 Å². The lowest BCUT2D eigenvalue weighted by atomic mass is 10.0. The molecule has 18 nitrogen and oxygen atoms in total. The Morgan fingerprint density at radius 1 is 0.431 bits per heavy atom. The average molecular weight is 821 g/mol. The second-order valence-corrected chi connectivity index (χ2v) is 12.2. The van der Waals surface area contributed by atoms with Crippen LogP contribution in [0.15, 0.2) is 75.9 Å². The van der Waals surface area contributed by atoms with Crippen molar-refractivity contribution in [1.82, 2.24) is 9.80 Å².